The molecule has 2 heterocycles. The molecular formula is C23H20N6O2. The first-order valence-corrected chi connectivity index (χ1v) is 9.59. The molecule has 2 aromatic carbocycles. The Morgan fingerprint density at radius 2 is 2.00 bits per heavy atom. The molecule has 0 amide bonds. The first-order chi connectivity index (χ1) is 14.9. The van der Waals surface area contributed by atoms with Crippen LogP contribution in [-0.4, -0.2) is 37.5 Å². The summed E-state index contributed by atoms with van der Waals surface area (Å²) in [5.41, 5.74) is 4.58. The third-order valence-corrected chi connectivity index (χ3v) is 5.10. The van der Waals surface area contributed by atoms with Gasteiger partial charge in [0.15, 0.2) is 5.65 Å². The molecule has 0 saturated heterocycles. The summed E-state index contributed by atoms with van der Waals surface area (Å²) in [6.07, 6.45) is 2.05. The molecule has 2 aromatic heterocycles. The van der Waals surface area contributed by atoms with Crippen molar-refractivity contribution < 1.29 is 9.84 Å². The van der Waals surface area contributed by atoms with Gasteiger partial charge in [0.05, 0.1) is 41.7 Å². The van der Waals surface area contributed by atoms with Crippen LogP contribution in [0.2, 0.25) is 0 Å². The van der Waals surface area contributed by atoms with Gasteiger partial charge < -0.3 is 15.3 Å². The van der Waals surface area contributed by atoms with E-state index in [1.54, 1.807) is 31.3 Å². The van der Waals surface area contributed by atoms with E-state index in [2.05, 4.69) is 21.3 Å². The molecule has 0 unspecified atom stereocenters. The number of nitrogens with one attached hydrogen (secondary N) is 1. The lowest BCUT2D eigenvalue weighted by Crippen LogP contribution is -2.04. The van der Waals surface area contributed by atoms with Crippen LogP contribution < -0.4 is 4.74 Å². The van der Waals surface area contributed by atoms with Gasteiger partial charge in [-0.15, -0.1) is 10.2 Å². The van der Waals surface area contributed by atoms with Crippen molar-refractivity contribution in [2.75, 3.05) is 7.11 Å². The first kappa shape index (κ1) is 20.0. The molecule has 0 saturated carbocycles. The largest absolute Gasteiger partial charge is 0.512 e. The normalized spacial score (nSPS) is 11.9. The van der Waals surface area contributed by atoms with E-state index < -0.39 is 0 Å². The van der Waals surface area contributed by atoms with Gasteiger partial charge in [-0.25, -0.2) is 0 Å². The summed E-state index contributed by atoms with van der Waals surface area (Å²) >= 11 is 0. The summed E-state index contributed by atoms with van der Waals surface area (Å²) in [6.45, 7) is 3.15. The number of hydrogen-bond donors (Lipinski definition) is 2. The van der Waals surface area contributed by atoms with E-state index in [-0.39, 0.29) is 11.5 Å². The summed E-state index contributed by atoms with van der Waals surface area (Å²) in [7, 11) is 1.54. The zero-order valence-corrected chi connectivity index (χ0v) is 17.3. The fraction of sp³-hybridized carbons (Fsp3) is 0.174. The van der Waals surface area contributed by atoms with Gasteiger partial charge in [-0.05, 0) is 31.5 Å². The molecule has 0 aliphatic rings. The highest BCUT2D eigenvalue weighted by Gasteiger charge is 2.19. The lowest BCUT2D eigenvalue weighted by molar-refractivity contribution is 0.409. The van der Waals surface area contributed by atoms with Crippen molar-refractivity contribution in [2.45, 2.75) is 20.3 Å². The van der Waals surface area contributed by atoms with Crippen molar-refractivity contribution in [3.8, 4) is 11.8 Å². The van der Waals surface area contributed by atoms with Crippen molar-refractivity contribution in [1.29, 1.82) is 10.7 Å². The molecule has 4 aromatic rings. The lowest BCUT2D eigenvalue weighted by atomic mass is 9.99. The number of nitrogens with zero attached hydrogens (tertiary/aromatic N) is 5. The van der Waals surface area contributed by atoms with Crippen molar-refractivity contribution >= 4 is 28.0 Å². The molecule has 0 spiro atoms. The van der Waals surface area contributed by atoms with Crippen LogP contribution in [0.5, 0.6) is 5.75 Å². The zero-order chi connectivity index (χ0) is 22.1. The highest BCUT2D eigenvalue weighted by Crippen LogP contribution is 2.33. The third kappa shape index (κ3) is 3.46. The van der Waals surface area contributed by atoms with Crippen molar-refractivity contribution in [3.05, 3.63) is 70.9 Å². The van der Waals surface area contributed by atoms with E-state index in [9.17, 15) is 10.4 Å². The highest BCUT2D eigenvalue weighted by atomic mass is 16.5. The van der Waals surface area contributed by atoms with Crippen LogP contribution in [0, 0.1) is 16.7 Å². The molecule has 0 atom stereocenters. The van der Waals surface area contributed by atoms with Gasteiger partial charge in [0.25, 0.3) is 0 Å². The number of allylic oxidation sites excluding steroid dienone is 2. The fourth-order valence-corrected chi connectivity index (χ4v) is 3.74. The molecule has 31 heavy (non-hydrogen) atoms. The molecule has 0 radical (unpaired) electrons. The van der Waals surface area contributed by atoms with Crippen LogP contribution in [0.25, 0.3) is 22.3 Å². The predicted octanol–water partition coefficient (Wildman–Crippen LogP) is 4.08. The van der Waals surface area contributed by atoms with E-state index >= 15 is 0 Å². The number of aliphatic hydroxyl groups excluding tert-OH is 1. The van der Waals surface area contributed by atoms with Gasteiger partial charge in [-0.3, -0.25) is 9.38 Å². The number of hydrogen-bond acceptors (Lipinski definition) is 7. The molecular weight excluding hydrogens is 392 g/mol. The van der Waals surface area contributed by atoms with Crippen molar-refractivity contribution in [3.63, 3.8) is 0 Å². The van der Waals surface area contributed by atoms with Crippen molar-refractivity contribution in [1.82, 2.24) is 19.6 Å². The second-order valence-corrected chi connectivity index (χ2v) is 7.14. The maximum atomic E-state index is 10.1. The van der Waals surface area contributed by atoms with Gasteiger partial charge in [-0.2, -0.15) is 5.26 Å². The minimum Gasteiger partial charge on any atom is -0.512 e. The van der Waals surface area contributed by atoms with E-state index in [4.69, 9.17) is 10.1 Å². The molecule has 4 rings (SSSR count). The summed E-state index contributed by atoms with van der Waals surface area (Å²) in [4.78, 5) is 4.49. The lowest BCUT2D eigenvalue weighted by Gasteiger charge is -2.14. The van der Waals surface area contributed by atoms with Crippen LogP contribution in [0.1, 0.15) is 36.4 Å². The van der Waals surface area contributed by atoms with Crippen LogP contribution >= 0.6 is 0 Å². The minimum atomic E-state index is 0.0318. The number of nitriles is 1. The Labute approximate surface area is 178 Å². The van der Waals surface area contributed by atoms with Gasteiger partial charge in [0, 0.05) is 29.3 Å². The Morgan fingerprint density at radius 3 is 2.68 bits per heavy atom. The number of aromatic nitrogens is 4. The summed E-state index contributed by atoms with van der Waals surface area (Å²) in [5.74, 6) is 1.19. The Bertz CT molecular complexity index is 1410. The molecule has 8 nitrogen and oxygen atoms in total. The Balaban J connectivity index is 1.96. The van der Waals surface area contributed by atoms with Gasteiger partial charge in [0.1, 0.15) is 11.6 Å². The number of ether oxygens (including phenoxy) is 1. The molecule has 0 bridgehead atoms. The van der Waals surface area contributed by atoms with Crippen molar-refractivity contribution in [2.24, 2.45) is 0 Å². The van der Waals surface area contributed by atoms with Crippen LogP contribution in [0.4, 0.5) is 0 Å². The zero-order valence-electron chi connectivity index (χ0n) is 17.3. The molecule has 154 valence electrons. The average molecular weight is 412 g/mol. The highest BCUT2D eigenvalue weighted by molar-refractivity contribution is 6.22. The first-order valence-electron chi connectivity index (χ1n) is 9.59. The van der Waals surface area contributed by atoms with Gasteiger partial charge >= 0.3 is 0 Å². The van der Waals surface area contributed by atoms with Crippen LogP contribution in [0.3, 0.4) is 0 Å². The SMILES string of the molecule is COc1cc2c(cc1/C(C(C)=N)=C(\C)O)ncc1nnc(Cc3ccccc3C#N)n12. The smallest absolute Gasteiger partial charge is 0.179 e. The van der Waals surface area contributed by atoms with E-state index in [0.29, 0.717) is 45.9 Å². The van der Waals surface area contributed by atoms with E-state index in [1.807, 2.05) is 22.6 Å². The summed E-state index contributed by atoms with van der Waals surface area (Å²) in [5, 5.41) is 36.2. The average Bonchev–Trinajstić information content (AvgIpc) is 3.16. The third-order valence-electron chi connectivity index (χ3n) is 5.10. The number of benzene rings is 2. The Hall–Kier alpha value is -4.25. The summed E-state index contributed by atoms with van der Waals surface area (Å²) < 4.78 is 7.47. The molecule has 8 heteroatoms. The van der Waals surface area contributed by atoms with Gasteiger partial charge in [0.2, 0.25) is 0 Å². The standard InChI is InChI=1S/C23H20N6O2/c1-13(25)23(14(2)30)17-9-18-19(10-20(17)31-3)29-21(27-28-22(29)12-26-18)8-15-6-4-5-7-16(15)11-24/h4-7,9-10,12,25,30H,8H2,1-3H3/b23-14+,25-13?. The molecule has 0 fully saturated rings. The monoisotopic (exact) mass is 412 g/mol. The Kier molecular flexibility index (Phi) is 5.09. The molecule has 0 aliphatic carbocycles. The minimum absolute atomic E-state index is 0.0318. The van der Waals surface area contributed by atoms with E-state index in [0.717, 1.165) is 11.1 Å². The summed E-state index contributed by atoms with van der Waals surface area (Å²) in [6, 6.07) is 13.2. The Morgan fingerprint density at radius 1 is 1.23 bits per heavy atom. The topological polar surface area (TPSA) is 120 Å². The second-order valence-electron chi connectivity index (χ2n) is 7.14. The maximum Gasteiger partial charge on any atom is 0.179 e. The van der Waals surface area contributed by atoms with E-state index in [1.165, 1.54) is 14.0 Å². The number of methoxy groups -OCH3 is 1. The van der Waals surface area contributed by atoms with Gasteiger partial charge in [-0.1, -0.05) is 18.2 Å². The van der Waals surface area contributed by atoms with Crippen LogP contribution in [-0.2, 0) is 6.42 Å². The molecule has 2 N–H and O–H groups in total. The number of aliphatic hydroxyl groups is 1. The number of rotatable bonds is 5. The van der Waals surface area contributed by atoms with Crippen LogP contribution in [0.15, 0.2) is 48.4 Å². The number of fused-ring (bicyclic) bond motifs is 3. The maximum absolute atomic E-state index is 10.1. The second kappa shape index (κ2) is 7.88. The molecule has 0 aliphatic heterocycles. The quantitative estimate of drug-likeness (QED) is 0.376. The predicted molar refractivity (Wildman–Crippen MR) is 117 cm³/mol. The fourth-order valence-electron chi connectivity index (χ4n) is 3.74.